The molecule has 344 valence electrons. The molecule has 72 heavy (non-hydrogen) atoms. The molecular formula is C65H45N3O4. The van der Waals surface area contributed by atoms with Gasteiger partial charge >= 0.3 is 0 Å². The number of hydrogen-bond acceptors (Lipinski definition) is 7. The molecule has 0 aromatic heterocycles. The number of benzene rings is 9. The molecule has 0 N–H and O–H groups in total. The van der Waals surface area contributed by atoms with Crippen LogP contribution in [0.4, 0.5) is 45.5 Å². The Kier molecular flexibility index (Phi) is 10.4. The van der Waals surface area contributed by atoms with Gasteiger partial charge < -0.3 is 24.2 Å². The van der Waals surface area contributed by atoms with Gasteiger partial charge in [0.1, 0.15) is 5.76 Å². The maximum atomic E-state index is 15.2. The van der Waals surface area contributed by atoms with Gasteiger partial charge in [0.2, 0.25) is 0 Å². The Hall–Kier alpha value is -9.46. The summed E-state index contributed by atoms with van der Waals surface area (Å²) in [7, 11) is 0. The summed E-state index contributed by atoms with van der Waals surface area (Å²) in [6.45, 7) is 4.68. The van der Waals surface area contributed by atoms with E-state index in [0.717, 1.165) is 87.5 Å². The van der Waals surface area contributed by atoms with E-state index in [2.05, 4.69) is 94.1 Å². The summed E-state index contributed by atoms with van der Waals surface area (Å²) in [5.41, 5.74) is 14.8. The number of para-hydroxylation sites is 8. The van der Waals surface area contributed by atoms with E-state index in [1.807, 2.05) is 146 Å². The molecule has 7 nitrogen and oxygen atoms in total. The Morgan fingerprint density at radius 1 is 0.403 bits per heavy atom. The molecule has 0 unspecified atom stereocenters. The fraction of sp³-hybridized carbons (Fsp3) is 0.0462. The molecule has 1 aliphatic carbocycles. The highest BCUT2D eigenvalue weighted by atomic mass is 16.5. The van der Waals surface area contributed by atoms with E-state index in [4.69, 9.17) is 9.47 Å². The minimum Gasteiger partial charge on any atom is -0.457 e. The molecule has 0 spiro atoms. The summed E-state index contributed by atoms with van der Waals surface area (Å²) in [6.07, 6.45) is 6.77. The zero-order valence-corrected chi connectivity index (χ0v) is 39.2. The molecule has 0 saturated carbocycles. The second kappa shape index (κ2) is 17.5. The van der Waals surface area contributed by atoms with Crippen LogP contribution in [0.1, 0.15) is 66.9 Å². The number of rotatable bonds is 9. The van der Waals surface area contributed by atoms with Gasteiger partial charge in [-0.05, 0) is 143 Å². The highest BCUT2D eigenvalue weighted by Gasteiger charge is 2.30. The Bertz CT molecular complexity index is 3530. The van der Waals surface area contributed by atoms with E-state index >= 15 is 9.59 Å². The van der Waals surface area contributed by atoms with Gasteiger partial charge in [0.05, 0.1) is 22.8 Å². The van der Waals surface area contributed by atoms with E-state index in [9.17, 15) is 0 Å². The third-order valence-corrected chi connectivity index (χ3v) is 13.9. The van der Waals surface area contributed by atoms with Crippen molar-refractivity contribution in [2.75, 3.05) is 14.7 Å². The molecule has 0 saturated heterocycles. The van der Waals surface area contributed by atoms with Crippen molar-refractivity contribution in [1.82, 2.24) is 0 Å². The molecule has 0 fully saturated rings. The van der Waals surface area contributed by atoms with Crippen LogP contribution < -0.4 is 24.2 Å². The average Bonchev–Trinajstić information content (AvgIpc) is 3.44. The number of anilines is 8. The lowest BCUT2D eigenvalue weighted by molar-refractivity contribution is 0.103. The third kappa shape index (κ3) is 7.38. The van der Waals surface area contributed by atoms with Crippen LogP contribution in [0.3, 0.4) is 0 Å². The van der Waals surface area contributed by atoms with Gasteiger partial charge in [0, 0.05) is 63.5 Å². The van der Waals surface area contributed by atoms with E-state index in [1.165, 1.54) is 11.1 Å². The Balaban J connectivity index is 0.913. The first kappa shape index (κ1) is 42.6. The van der Waals surface area contributed by atoms with Crippen LogP contribution in [-0.4, -0.2) is 11.6 Å². The summed E-state index contributed by atoms with van der Waals surface area (Å²) < 4.78 is 12.7. The molecule has 7 heteroatoms. The first-order valence-electron chi connectivity index (χ1n) is 24.3. The van der Waals surface area contributed by atoms with Crippen LogP contribution in [0.2, 0.25) is 0 Å². The molecule has 0 bridgehead atoms. The van der Waals surface area contributed by atoms with Gasteiger partial charge in [0.25, 0.3) is 0 Å². The van der Waals surface area contributed by atoms with Crippen molar-refractivity contribution in [2.24, 2.45) is 0 Å². The summed E-state index contributed by atoms with van der Waals surface area (Å²) >= 11 is 0. The standard InChI is InChI=1S/C65H45N3O4/c1-42(43-19-14-22-51(39-43)66-54-25-4-2-17-44(54)35-45-18-3-5-26-55(45)66)48-36-49(64(69)46-20-15-23-52(40-46)67-56-27-6-10-31-60(56)71-61-32-11-7-28-57(61)67)38-50(37-48)65(70)47-21-16-24-53(41-47)68-58-29-8-12-33-62(58)72-63-34-13-9-30-59(63)68/h2-12,14-33,36-41H,1,13,34-35H2. The molecule has 9 aromatic rings. The quantitative estimate of drug-likeness (QED) is 0.134. The number of carbonyl (C=O) groups excluding carboxylic acids is 2. The molecule has 0 amide bonds. The Morgan fingerprint density at radius 3 is 1.40 bits per heavy atom. The van der Waals surface area contributed by atoms with Gasteiger partial charge in [-0.3, -0.25) is 9.59 Å². The minimum atomic E-state index is -0.229. The fourth-order valence-electron chi connectivity index (χ4n) is 10.5. The number of fused-ring (bicyclic) bond motifs is 5. The molecular weight excluding hydrogens is 887 g/mol. The predicted octanol–water partition coefficient (Wildman–Crippen LogP) is 16.3. The van der Waals surface area contributed by atoms with Gasteiger partial charge in [-0.2, -0.15) is 0 Å². The van der Waals surface area contributed by atoms with Crippen molar-refractivity contribution in [3.63, 3.8) is 0 Å². The maximum absolute atomic E-state index is 15.2. The normalized spacial score (nSPS) is 13.9. The molecule has 3 aliphatic heterocycles. The van der Waals surface area contributed by atoms with Gasteiger partial charge in [-0.1, -0.05) is 122 Å². The first-order chi connectivity index (χ1) is 35.4. The van der Waals surface area contributed by atoms with Crippen molar-refractivity contribution in [2.45, 2.75) is 19.3 Å². The topological polar surface area (TPSA) is 62.3 Å². The smallest absolute Gasteiger partial charge is 0.193 e. The van der Waals surface area contributed by atoms with Crippen molar-refractivity contribution in [3.8, 4) is 17.2 Å². The van der Waals surface area contributed by atoms with Gasteiger partial charge in [0.15, 0.2) is 28.8 Å². The molecule has 13 rings (SSSR count). The fourth-order valence-corrected chi connectivity index (χ4v) is 10.5. The zero-order chi connectivity index (χ0) is 48.3. The molecule has 3 heterocycles. The second-order valence-electron chi connectivity index (χ2n) is 18.4. The maximum Gasteiger partial charge on any atom is 0.193 e. The first-order valence-corrected chi connectivity index (χ1v) is 24.3. The van der Waals surface area contributed by atoms with Crippen LogP contribution in [-0.2, 0) is 6.42 Å². The largest absolute Gasteiger partial charge is 0.457 e. The summed E-state index contributed by atoms with van der Waals surface area (Å²) in [5.74, 6) is 2.64. The van der Waals surface area contributed by atoms with Crippen molar-refractivity contribution in [3.05, 3.63) is 287 Å². The number of hydrogen-bond donors (Lipinski definition) is 0. The van der Waals surface area contributed by atoms with Crippen LogP contribution in [0, 0.1) is 0 Å². The average molecular weight is 932 g/mol. The molecule has 4 aliphatic rings. The third-order valence-electron chi connectivity index (χ3n) is 13.9. The van der Waals surface area contributed by atoms with Crippen molar-refractivity contribution >= 4 is 62.6 Å². The zero-order valence-electron chi connectivity index (χ0n) is 39.2. The number of carbonyl (C=O) groups is 2. The molecule has 9 aromatic carbocycles. The van der Waals surface area contributed by atoms with E-state index in [1.54, 1.807) is 6.07 Å². The SMILES string of the molecule is C=C(c1cc(C(=O)c2cccc(N3C4=C(CCC=C4)Oc4ccccc43)c2)cc(C(=O)c2cccc(N3c4ccccc4Oc4ccccc43)c2)c1)c1cccc(N2c3ccccc3Cc3ccccc32)c1. The van der Waals surface area contributed by atoms with E-state index in [0.29, 0.717) is 44.9 Å². The Labute approximate surface area is 418 Å². The van der Waals surface area contributed by atoms with Crippen LogP contribution >= 0.6 is 0 Å². The number of ether oxygens (including phenoxy) is 2. The lowest BCUT2D eigenvalue weighted by atomic mass is 9.90. The highest BCUT2D eigenvalue weighted by molar-refractivity contribution is 6.15. The van der Waals surface area contributed by atoms with Crippen LogP contribution in [0.5, 0.6) is 17.2 Å². The van der Waals surface area contributed by atoms with Crippen LogP contribution in [0.15, 0.2) is 243 Å². The summed E-state index contributed by atoms with van der Waals surface area (Å²) in [5, 5.41) is 0. The van der Waals surface area contributed by atoms with E-state index in [-0.39, 0.29) is 11.6 Å². The minimum absolute atomic E-state index is 0.221. The molecule has 0 radical (unpaired) electrons. The number of nitrogens with zero attached hydrogens (tertiary/aromatic N) is 3. The Morgan fingerprint density at radius 2 is 0.833 bits per heavy atom. The number of ketones is 2. The molecule has 0 atom stereocenters. The summed E-state index contributed by atoms with van der Waals surface area (Å²) in [4.78, 5) is 37.0. The van der Waals surface area contributed by atoms with Gasteiger partial charge in [-0.25, -0.2) is 0 Å². The van der Waals surface area contributed by atoms with Crippen LogP contribution in [0.25, 0.3) is 5.57 Å². The highest BCUT2D eigenvalue weighted by Crippen LogP contribution is 2.51. The summed E-state index contributed by atoms with van der Waals surface area (Å²) in [6, 6.07) is 70.0. The number of allylic oxidation sites excluding steroid dienone is 3. The van der Waals surface area contributed by atoms with Gasteiger partial charge in [-0.15, -0.1) is 0 Å². The lowest BCUT2D eigenvalue weighted by Gasteiger charge is -2.35. The van der Waals surface area contributed by atoms with Crippen molar-refractivity contribution < 1.29 is 19.1 Å². The predicted molar refractivity (Wildman–Crippen MR) is 288 cm³/mol. The second-order valence-corrected chi connectivity index (χ2v) is 18.4. The monoisotopic (exact) mass is 931 g/mol. The van der Waals surface area contributed by atoms with E-state index < -0.39 is 0 Å². The lowest BCUT2D eigenvalue weighted by Crippen LogP contribution is -2.25. The van der Waals surface area contributed by atoms with Crippen molar-refractivity contribution in [1.29, 1.82) is 0 Å².